The smallest absolute Gasteiger partial charge is 0.211 e. The van der Waals surface area contributed by atoms with Crippen molar-refractivity contribution in [3.8, 4) is 0 Å². The fourth-order valence-electron chi connectivity index (χ4n) is 2.37. The van der Waals surface area contributed by atoms with Crippen LogP contribution >= 0.6 is 0 Å². The van der Waals surface area contributed by atoms with Gasteiger partial charge in [0.1, 0.15) is 28.6 Å². The van der Waals surface area contributed by atoms with Crippen molar-refractivity contribution in [1.82, 2.24) is 0 Å². The van der Waals surface area contributed by atoms with Gasteiger partial charge in [-0.25, -0.2) is 17.2 Å². The van der Waals surface area contributed by atoms with Crippen molar-refractivity contribution in [3.63, 3.8) is 0 Å². The third-order valence-electron chi connectivity index (χ3n) is 4.07. The van der Waals surface area contributed by atoms with Crippen molar-refractivity contribution in [2.75, 3.05) is 17.7 Å². The van der Waals surface area contributed by atoms with Crippen molar-refractivity contribution in [2.45, 2.75) is 24.1 Å². The molecule has 3 N–H and O–H groups in total. The molecular formula is C14H17F2N3O3S. The monoisotopic (exact) mass is 345 g/mol. The molecule has 1 aliphatic heterocycles. The Hall–Kier alpha value is -2.03. The summed E-state index contributed by atoms with van der Waals surface area (Å²) < 4.78 is 51.5. The van der Waals surface area contributed by atoms with Crippen LogP contribution in [0.5, 0.6) is 0 Å². The van der Waals surface area contributed by atoms with E-state index in [9.17, 15) is 22.0 Å². The molecule has 23 heavy (non-hydrogen) atoms. The van der Waals surface area contributed by atoms with Crippen LogP contribution in [0, 0.1) is 5.82 Å². The highest BCUT2D eigenvalue weighted by atomic mass is 32.2. The van der Waals surface area contributed by atoms with E-state index in [1.165, 1.54) is 19.9 Å². The number of nitrogens with one attached hydrogen (secondary N) is 1. The number of nitrogens with zero attached hydrogens (tertiary/aromatic N) is 1. The minimum Gasteiger partial charge on any atom is -0.386 e. The van der Waals surface area contributed by atoms with Gasteiger partial charge < -0.3 is 11.1 Å². The zero-order valence-electron chi connectivity index (χ0n) is 12.6. The Morgan fingerprint density at radius 2 is 2.09 bits per heavy atom. The van der Waals surface area contributed by atoms with E-state index in [1.54, 1.807) is 0 Å². The summed E-state index contributed by atoms with van der Waals surface area (Å²) in [4.78, 5) is 14.5. The molecule has 0 radical (unpaired) electrons. The number of hydrogen-bond donors (Lipinski definition) is 2. The SMILES string of the molecule is CC1(C)C(N)=NC(CF)(c2cc(NC=O)ccc2F)CS1(=O)=O. The first-order valence-corrected chi connectivity index (χ1v) is 8.39. The lowest BCUT2D eigenvalue weighted by molar-refractivity contribution is -0.105. The number of halogens is 2. The van der Waals surface area contributed by atoms with Gasteiger partial charge in [0, 0.05) is 11.3 Å². The van der Waals surface area contributed by atoms with E-state index in [4.69, 9.17) is 5.73 Å². The minimum atomic E-state index is -3.87. The van der Waals surface area contributed by atoms with Crippen LogP contribution in [0.25, 0.3) is 0 Å². The predicted octanol–water partition coefficient (Wildman–Crippen LogP) is 1.12. The van der Waals surface area contributed by atoms with Gasteiger partial charge in [0.05, 0.1) is 5.75 Å². The summed E-state index contributed by atoms with van der Waals surface area (Å²) in [6.07, 6.45) is 0.373. The molecule has 0 aliphatic carbocycles. The summed E-state index contributed by atoms with van der Waals surface area (Å²) >= 11 is 0. The lowest BCUT2D eigenvalue weighted by atomic mass is 9.92. The van der Waals surface area contributed by atoms with Crippen molar-refractivity contribution >= 4 is 27.8 Å². The number of nitrogens with two attached hydrogens (primary N) is 1. The summed E-state index contributed by atoms with van der Waals surface area (Å²) in [7, 11) is -3.87. The highest BCUT2D eigenvalue weighted by Crippen LogP contribution is 2.39. The van der Waals surface area contributed by atoms with Gasteiger partial charge >= 0.3 is 0 Å². The molecule has 1 heterocycles. The molecule has 9 heteroatoms. The molecule has 1 aliphatic rings. The van der Waals surface area contributed by atoms with Crippen LogP contribution in [0.15, 0.2) is 23.2 Å². The average Bonchev–Trinajstić information content (AvgIpc) is 2.47. The van der Waals surface area contributed by atoms with Crippen molar-refractivity contribution in [2.24, 2.45) is 10.7 Å². The van der Waals surface area contributed by atoms with Crippen LogP contribution in [0.1, 0.15) is 19.4 Å². The second-order valence-corrected chi connectivity index (χ2v) is 8.43. The maximum absolute atomic E-state index is 14.2. The number of amides is 1. The lowest BCUT2D eigenvalue weighted by Crippen LogP contribution is -2.56. The first-order valence-electron chi connectivity index (χ1n) is 6.74. The first-order chi connectivity index (χ1) is 10.6. The Morgan fingerprint density at radius 3 is 2.61 bits per heavy atom. The van der Waals surface area contributed by atoms with E-state index in [-0.39, 0.29) is 17.1 Å². The number of aliphatic imine (C=N–C) groups is 1. The van der Waals surface area contributed by atoms with Gasteiger partial charge in [-0.3, -0.25) is 9.79 Å². The Balaban J connectivity index is 2.71. The van der Waals surface area contributed by atoms with E-state index in [0.717, 1.165) is 12.1 Å². The molecule has 1 aromatic rings. The summed E-state index contributed by atoms with van der Waals surface area (Å²) in [6, 6.07) is 3.44. The third-order valence-corrected chi connectivity index (χ3v) is 6.69. The maximum Gasteiger partial charge on any atom is 0.211 e. The number of benzene rings is 1. The number of sulfone groups is 1. The molecule has 0 fully saturated rings. The molecule has 126 valence electrons. The van der Waals surface area contributed by atoms with Crippen LogP contribution in [-0.4, -0.2) is 37.8 Å². The lowest BCUT2D eigenvalue weighted by Gasteiger charge is -2.38. The number of carbonyl (C=O) groups excluding carboxylic acids is 1. The molecule has 0 saturated heterocycles. The van der Waals surface area contributed by atoms with Crippen LogP contribution in [0.3, 0.4) is 0 Å². The zero-order chi connectivity index (χ0) is 17.5. The normalized spacial score (nSPS) is 25.5. The largest absolute Gasteiger partial charge is 0.386 e. The number of rotatable bonds is 4. The average molecular weight is 345 g/mol. The van der Waals surface area contributed by atoms with Gasteiger partial charge in [-0.05, 0) is 32.0 Å². The Morgan fingerprint density at radius 1 is 1.43 bits per heavy atom. The zero-order valence-corrected chi connectivity index (χ0v) is 13.5. The summed E-state index contributed by atoms with van der Waals surface area (Å²) in [5, 5.41) is 2.30. The van der Waals surface area contributed by atoms with E-state index in [0.29, 0.717) is 6.41 Å². The molecule has 0 spiro atoms. The number of alkyl halides is 1. The minimum absolute atomic E-state index is 0.195. The van der Waals surface area contributed by atoms with Crippen molar-refractivity contribution in [3.05, 3.63) is 29.6 Å². The van der Waals surface area contributed by atoms with E-state index >= 15 is 0 Å². The number of hydrogen-bond acceptors (Lipinski definition) is 5. The molecule has 0 aromatic heterocycles. The quantitative estimate of drug-likeness (QED) is 0.799. The summed E-state index contributed by atoms with van der Waals surface area (Å²) in [5.41, 5.74) is 3.69. The Labute approximate surface area is 132 Å². The number of anilines is 1. The molecule has 6 nitrogen and oxygen atoms in total. The summed E-state index contributed by atoms with van der Waals surface area (Å²) in [5.74, 6) is -1.83. The molecular weight excluding hydrogens is 328 g/mol. The van der Waals surface area contributed by atoms with Crippen LogP contribution in [0.4, 0.5) is 14.5 Å². The van der Waals surface area contributed by atoms with Gasteiger partial charge in [0.15, 0.2) is 9.84 Å². The number of amidine groups is 1. The van der Waals surface area contributed by atoms with E-state index in [2.05, 4.69) is 10.3 Å². The molecule has 1 unspecified atom stereocenters. The van der Waals surface area contributed by atoms with Gasteiger partial charge in [-0.1, -0.05) is 0 Å². The fourth-order valence-corrected chi connectivity index (χ4v) is 4.02. The molecule has 0 saturated carbocycles. The van der Waals surface area contributed by atoms with Crippen LogP contribution < -0.4 is 11.1 Å². The highest BCUT2D eigenvalue weighted by Gasteiger charge is 2.51. The molecule has 1 atom stereocenters. The van der Waals surface area contributed by atoms with Crippen molar-refractivity contribution < 1.29 is 22.0 Å². The topological polar surface area (TPSA) is 102 Å². The third kappa shape index (κ3) is 2.69. The Kier molecular flexibility index (Phi) is 4.18. The first kappa shape index (κ1) is 17.3. The van der Waals surface area contributed by atoms with Crippen molar-refractivity contribution in [1.29, 1.82) is 0 Å². The number of carbonyl (C=O) groups is 1. The standard InChI is InChI=1S/C14H17F2N3O3S/c1-13(2)12(17)19-14(6-15,7-23(13,21)22)10-5-9(18-8-20)3-4-11(10)16/h3-5,8H,6-7H2,1-2H3,(H2,17,19)(H,18,20). The van der Waals surface area contributed by atoms with Crippen LogP contribution in [-0.2, 0) is 20.2 Å². The second-order valence-electron chi connectivity index (χ2n) is 5.89. The van der Waals surface area contributed by atoms with Gasteiger partial charge in [-0.15, -0.1) is 0 Å². The molecule has 1 aromatic carbocycles. The molecule has 1 amide bonds. The van der Waals surface area contributed by atoms with E-state index < -0.39 is 38.4 Å². The maximum atomic E-state index is 14.2. The fraction of sp³-hybridized carbons (Fsp3) is 0.429. The van der Waals surface area contributed by atoms with Gasteiger partial charge in [-0.2, -0.15) is 0 Å². The summed E-state index contributed by atoms with van der Waals surface area (Å²) in [6.45, 7) is 1.48. The van der Waals surface area contributed by atoms with Gasteiger partial charge in [0.25, 0.3) is 0 Å². The van der Waals surface area contributed by atoms with Crippen LogP contribution in [0.2, 0.25) is 0 Å². The predicted molar refractivity (Wildman–Crippen MR) is 83.2 cm³/mol. The molecule has 0 bridgehead atoms. The van der Waals surface area contributed by atoms with Gasteiger partial charge in [0.2, 0.25) is 6.41 Å². The van der Waals surface area contributed by atoms with E-state index in [1.807, 2.05) is 0 Å². The molecule has 2 rings (SSSR count). The highest BCUT2D eigenvalue weighted by molar-refractivity contribution is 7.93. The second kappa shape index (κ2) is 5.55. The Bertz CT molecular complexity index is 777.